The van der Waals surface area contributed by atoms with Crippen LogP contribution in [0, 0.1) is 0 Å². The van der Waals surface area contributed by atoms with Gasteiger partial charge >= 0.3 is 0 Å². The lowest BCUT2D eigenvalue weighted by Crippen LogP contribution is -2.24. The summed E-state index contributed by atoms with van der Waals surface area (Å²) in [6.07, 6.45) is 4.61. The van der Waals surface area contributed by atoms with Crippen LogP contribution in [0.3, 0.4) is 0 Å². The van der Waals surface area contributed by atoms with E-state index in [-0.39, 0.29) is 5.54 Å². The zero-order valence-corrected chi connectivity index (χ0v) is 10.5. The molecule has 1 aromatic heterocycles. The number of benzene rings is 1. The van der Waals surface area contributed by atoms with Crippen molar-refractivity contribution in [2.24, 2.45) is 5.73 Å². The molecule has 4 heteroatoms. The molecule has 2 aliphatic carbocycles. The third-order valence-electron chi connectivity index (χ3n) is 4.04. The maximum absolute atomic E-state index is 6.35. The zero-order valence-electron chi connectivity index (χ0n) is 10.5. The molecule has 2 N–H and O–H groups in total. The first-order valence-electron chi connectivity index (χ1n) is 6.57. The minimum absolute atomic E-state index is 0.172. The normalized spacial score (nSPS) is 21.2. The van der Waals surface area contributed by atoms with Gasteiger partial charge in [0.25, 0.3) is 0 Å². The van der Waals surface area contributed by atoms with E-state index in [9.17, 15) is 0 Å². The van der Waals surface area contributed by atoms with Gasteiger partial charge < -0.3 is 15.0 Å². The summed E-state index contributed by atoms with van der Waals surface area (Å²) in [6.45, 7) is 0. The molecule has 2 saturated carbocycles. The number of ether oxygens (including phenoxy) is 1. The van der Waals surface area contributed by atoms with Gasteiger partial charge in [0.1, 0.15) is 11.6 Å². The van der Waals surface area contributed by atoms with Crippen molar-refractivity contribution in [3.8, 4) is 5.75 Å². The summed E-state index contributed by atoms with van der Waals surface area (Å²) >= 11 is 0. The van der Waals surface area contributed by atoms with Crippen LogP contribution >= 0.6 is 0 Å². The fourth-order valence-corrected chi connectivity index (χ4v) is 2.62. The predicted molar refractivity (Wildman–Crippen MR) is 69.7 cm³/mol. The maximum atomic E-state index is 6.35. The van der Waals surface area contributed by atoms with E-state index in [0.29, 0.717) is 6.04 Å². The van der Waals surface area contributed by atoms with Crippen molar-refractivity contribution in [3.05, 3.63) is 24.0 Å². The van der Waals surface area contributed by atoms with E-state index in [1.165, 1.54) is 18.4 Å². The highest BCUT2D eigenvalue weighted by atomic mass is 16.5. The Kier molecular flexibility index (Phi) is 1.88. The molecule has 18 heavy (non-hydrogen) atoms. The summed E-state index contributed by atoms with van der Waals surface area (Å²) in [4.78, 5) is 4.77. The van der Waals surface area contributed by atoms with Crippen LogP contribution in [0.4, 0.5) is 0 Å². The number of methoxy groups -OCH3 is 1. The van der Waals surface area contributed by atoms with Gasteiger partial charge in [-0.15, -0.1) is 0 Å². The Morgan fingerprint density at radius 1 is 1.39 bits per heavy atom. The van der Waals surface area contributed by atoms with Crippen molar-refractivity contribution in [1.29, 1.82) is 0 Å². The number of hydrogen-bond donors (Lipinski definition) is 1. The fourth-order valence-electron chi connectivity index (χ4n) is 2.62. The second-order valence-electron chi connectivity index (χ2n) is 5.55. The summed E-state index contributed by atoms with van der Waals surface area (Å²) in [7, 11) is 1.69. The third kappa shape index (κ3) is 1.38. The Hall–Kier alpha value is -1.55. The van der Waals surface area contributed by atoms with Gasteiger partial charge in [-0.3, -0.25) is 0 Å². The average molecular weight is 243 g/mol. The summed E-state index contributed by atoms with van der Waals surface area (Å²) in [5.41, 5.74) is 8.39. The molecule has 1 aromatic carbocycles. The lowest BCUT2D eigenvalue weighted by molar-refractivity contribution is 0.415. The molecule has 0 radical (unpaired) electrons. The van der Waals surface area contributed by atoms with Gasteiger partial charge in [0.05, 0.1) is 23.7 Å². The van der Waals surface area contributed by atoms with Crippen molar-refractivity contribution in [2.45, 2.75) is 37.3 Å². The molecule has 0 bridgehead atoms. The van der Waals surface area contributed by atoms with Gasteiger partial charge in [-0.05, 0) is 37.8 Å². The standard InChI is InChI=1S/C14H17N3O/c1-18-10-4-5-12-11(8-10)16-13(14(15)6-7-14)17(12)9-2-3-9/h4-5,8-9H,2-3,6-7,15H2,1H3. The molecule has 0 unspecified atom stereocenters. The van der Waals surface area contributed by atoms with Gasteiger partial charge in [-0.1, -0.05) is 0 Å². The van der Waals surface area contributed by atoms with Crippen molar-refractivity contribution in [3.63, 3.8) is 0 Å². The first-order chi connectivity index (χ1) is 8.71. The topological polar surface area (TPSA) is 53.1 Å². The molecule has 0 aliphatic heterocycles. The third-order valence-corrected chi connectivity index (χ3v) is 4.04. The number of aromatic nitrogens is 2. The highest BCUT2D eigenvalue weighted by molar-refractivity contribution is 5.78. The number of hydrogen-bond acceptors (Lipinski definition) is 3. The number of fused-ring (bicyclic) bond motifs is 1. The molecular formula is C14H17N3O. The van der Waals surface area contributed by atoms with Crippen LogP contribution in [-0.2, 0) is 5.54 Å². The van der Waals surface area contributed by atoms with E-state index >= 15 is 0 Å². The first kappa shape index (κ1) is 10.4. The number of imidazole rings is 1. The summed E-state index contributed by atoms with van der Waals surface area (Å²) < 4.78 is 7.63. The molecule has 2 aromatic rings. The van der Waals surface area contributed by atoms with Crippen molar-refractivity contribution < 1.29 is 4.74 Å². The molecule has 1 heterocycles. The van der Waals surface area contributed by atoms with Gasteiger partial charge in [-0.2, -0.15) is 0 Å². The molecule has 0 saturated heterocycles. The number of nitrogens with zero attached hydrogens (tertiary/aromatic N) is 2. The summed E-state index contributed by atoms with van der Waals surface area (Å²) in [6, 6.07) is 6.72. The van der Waals surface area contributed by atoms with Gasteiger partial charge in [0, 0.05) is 12.1 Å². The Balaban J connectivity index is 1.96. The molecule has 0 spiro atoms. The van der Waals surface area contributed by atoms with Crippen molar-refractivity contribution in [2.75, 3.05) is 7.11 Å². The minimum atomic E-state index is -0.172. The van der Waals surface area contributed by atoms with Crippen LogP contribution in [0.2, 0.25) is 0 Å². The van der Waals surface area contributed by atoms with Crippen LogP contribution in [-0.4, -0.2) is 16.7 Å². The van der Waals surface area contributed by atoms with Crippen LogP contribution in [0.5, 0.6) is 5.75 Å². The van der Waals surface area contributed by atoms with Crippen molar-refractivity contribution in [1.82, 2.24) is 9.55 Å². The Labute approximate surface area is 106 Å². The van der Waals surface area contributed by atoms with Crippen LogP contribution in [0.15, 0.2) is 18.2 Å². The van der Waals surface area contributed by atoms with Crippen LogP contribution < -0.4 is 10.5 Å². The summed E-state index contributed by atoms with van der Waals surface area (Å²) in [5, 5.41) is 0. The van der Waals surface area contributed by atoms with E-state index in [1.807, 2.05) is 12.1 Å². The quantitative estimate of drug-likeness (QED) is 0.900. The van der Waals surface area contributed by atoms with E-state index in [0.717, 1.165) is 29.9 Å². The van der Waals surface area contributed by atoms with Crippen molar-refractivity contribution >= 4 is 11.0 Å². The van der Waals surface area contributed by atoms with E-state index in [1.54, 1.807) is 7.11 Å². The van der Waals surface area contributed by atoms with Crippen LogP contribution in [0.1, 0.15) is 37.5 Å². The molecule has 2 fully saturated rings. The molecule has 2 aliphatic rings. The fraction of sp³-hybridized carbons (Fsp3) is 0.500. The number of rotatable bonds is 3. The highest BCUT2D eigenvalue weighted by Crippen LogP contribution is 2.48. The van der Waals surface area contributed by atoms with Crippen LogP contribution in [0.25, 0.3) is 11.0 Å². The average Bonchev–Trinajstić information content (AvgIpc) is 3.30. The lowest BCUT2D eigenvalue weighted by atomic mass is 10.2. The minimum Gasteiger partial charge on any atom is -0.497 e. The molecule has 0 amide bonds. The molecule has 0 atom stereocenters. The monoisotopic (exact) mass is 243 g/mol. The predicted octanol–water partition coefficient (Wildman–Crippen LogP) is 2.33. The molecule has 4 nitrogen and oxygen atoms in total. The smallest absolute Gasteiger partial charge is 0.130 e. The number of nitrogens with two attached hydrogens (primary N) is 1. The zero-order chi connectivity index (χ0) is 12.3. The van der Waals surface area contributed by atoms with Gasteiger partial charge in [0.2, 0.25) is 0 Å². The SMILES string of the molecule is COc1ccc2c(c1)nc(C1(N)CC1)n2C1CC1. The Morgan fingerprint density at radius 3 is 2.78 bits per heavy atom. The maximum Gasteiger partial charge on any atom is 0.130 e. The lowest BCUT2D eigenvalue weighted by Gasteiger charge is -2.12. The highest BCUT2D eigenvalue weighted by Gasteiger charge is 2.46. The molecular weight excluding hydrogens is 226 g/mol. The second-order valence-corrected chi connectivity index (χ2v) is 5.55. The Morgan fingerprint density at radius 2 is 2.17 bits per heavy atom. The van der Waals surface area contributed by atoms with E-state index < -0.39 is 0 Å². The second kappa shape index (κ2) is 3.26. The largest absolute Gasteiger partial charge is 0.497 e. The Bertz CT molecular complexity index is 623. The van der Waals surface area contributed by atoms with E-state index in [4.69, 9.17) is 15.5 Å². The van der Waals surface area contributed by atoms with Gasteiger partial charge in [-0.25, -0.2) is 4.98 Å². The molecule has 94 valence electrons. The first-order valence-corrected chi connectivity index (χ1v) is 6.57. The van der Waals surface area contributed by atoms with E-state index in [2.05, 4.69) is 10.6 Å². The van der Waals surface area contributed by atoms with Gasteiger partial charge in [0.15, 0.2) is 0 Å². The molecule has 4 rings (SSSR count). The summed E-state index contributed by atoms with van der Waals surface area (Å²) in [5.74, 6) is 1.93.